The van der Waals surface area contributed by atoms with Crippen molar-refractivity contribution in [1.29, 1.82) is 0 Å². The number of sulfonamides is 1. The Hall–Kier alpha value is -4.71. The van der Waals surface area contributed by atoms with Crippen LogP contribution in [0.2, 0.25) is 0 Å². The molecule has 0 aliphatic carbocycles. The Bertz CT molecular complexity index is 2030. The number of piperidine rings is 1. The zero-order valence-electron chi connectivity index (χ0n) is 24.2. The van der Waals surface area contributed by atoms with E-state index in [1.807, 2.05) is 0 Å². The van der Waals surface area contributed by atoms with Crippen molar-refractivity contribution in [2.75, 3.05) is 37.7 Å². The van der Waals surface area contributed by atoms with E-state index in [4.69, 9.17) is 8.83 Å². The van der Waals surface area contributed by atoms with Crippen molar-refractivity contribution in [3.63, 3.8) is 0 Å². The Morgan fingerprint density at radius 1 is 0.977 bits per heavy atom. The van der Waals surface area contributed by atoms with E-state index < -0.39 is 27.6 Å². The van der Waals surface area contributed by atoms with E-state index in [1.54, 1.807) is 29.2 Å². The van der Waals surface area contributed by atoms with Crippen LogP contribution in [-0.4, -0.2) is 58.6 Å². The summed E-state index contributed by atoms with van der Waals surface area (Å²) >= 11 is 0. The molecule has 44 heavy (non-hydrogen) atoms. The number of hydrogen-bond donors (Lipinski definition) is 1. The molecule has 6 rings (SSSR count). The maximum Gasteiger partial charge on any atom is 0.289 e. The van der Waals surface area contributed by atoms with Gasteiger partial charge in [0.05, 0.1) is 17.5 Å². The van der Waals surface area contributed by atoms with Gasteiger partial charge in [-0.2, -0.15) is 0 Å². The molecular weight excluding hydrogens is 592 g/mol. The Labute approximate surface area is 252 Å². The van der Waals surface area contributed by atoms with E-state index in [2.05, 4.69) is 5.32 Å². The first kappa shape index (κ1) is 29.4. The molecule has 1 saturated heterocycles. The summed E-state index contributed by atoms with van der Waals surface area (Å²) in [6.45, 7) is 0.697. The molecule has 1 aliphatic heterocycles. The zero-order chi connectivity index (χ0) is 31.3. The molecule has 228 valence electrons. The summed E-state index contributed by atoms with van der Waals surface area (Å²) in [7, 11) is -0.795. The standard InChI is InChI=1S/C32H29F2N3O6S/c1-35-31(38)29-24-15-23(20-5-4-12-37(17-20)32(39)28-13-19-8-11-22(34)14-26(19)42-28)25(36(2)44(3,40)41)16-27(24)43-30(29)18-6-9-21(33)10-7-18/h6-11,13-16,20H,4-5,12,17H2,1-3H3,(H,35,38)/t20-/m0/s1. The van der Waals surface area contributed by atoms with Gasteiger partial charge in [-0.1, -0.05) is 0 Å². The van der Waals surface area contributed by atoms with Crippen LogP contribution in [-0.2, 0) is 10.0 Å². The molecule has 2 aromatic heterocycles. The van der Waals surface area contributed by atoms with Gasteiger partial charge in [-0.15, -0.1) is 0 Å². The minimum absolute atomic E-state index is 0.0795. The first-order valence-electron chi connectivity index (χ1n) is 14.0. The molecule has 1 fully saturated rings. The molecule has 3 heterocycles. The first-order valence-corrected chi connectivity index (χ1v) is 15.8. The summed E-state index contributed by atoms with van der Waals surface area (Å²) in [4.78, 5) is 28.3. The smallest absolute Gasteiger partial charge is 0.289 e. The predicted octanol–water partition coefficient (Wildman–Crippen LogP) is 5.90. The third-order valence-electron chi connectivity index (χ3n) is 8.08. The molecular formula is C32H29F2N3O6S. The lowest BCUT2D eigenvalue weighted by molar-refractivity contribution is 0.0677. The van der Waals surface area contributed by atoms with E-state index in [0.29, 0.717) is 47.0 Å². The van der Waals surface area contributed by atoms with Gasteiger partial charge in [0.1, 0.15) is 28.6 Å². The molecule has 0 bridgehead atoms. The summed E-state index contributed by atoms with van der Waals surface area (Å²) < 4.78 is 65.8. The largest absolute Gasteiger partial charge is 0.455 e. The number of rotatable bonds is 6. The van der Waals surface area contributed by atoms with E-state index in [0.717, 1.165) is 10.6 Å². The van der Waals surface area contributed by atoms with E-state index >= 15 is 0 Å². The lowest BCUT2D eigenvalue weighted by atomic mass is 9.88. The number of halogens is 2. The molecule has 3 aromatic carbocycles. The normalized spacial score (nSPS) is 15.6. The molecule has 2 amide bonds. The Balaban J connectivity index is 1.45. The highest BCUT2D eigenvalue weighted by Crippen LogP contribution is 2.42. The highest BCUT2D eigenvalue weighted by Gasteiger charge is 2.32. The second-order valence-electron chi connectivity index (χ2n) is 10.9. The van der Waals surface area contributed by atoms with Crippen molar-refractivity contribution >= 4 is 49.5 Å². The number of amides is 2. The average molecular weight is 622 g/mol. The average Bonchev–Trinajstić information content (AvgIpc) is 3.60. The number of benzene rings is 3. The molecule has 12 heteroatoms. The number of nitrogens with one attached hydrogen (secondary N) is 1. The number of nitrogens with zero attached hydrogens (tertiary/aromatic N) is 2. The Morgan fingerprint density at radius 3 is 2.41 bits per heavy atom. The van der Waals surface area contributed by atoms with Crippen LogP contribution in [0.15, 0.2) is 69.5 Å². The molecule has 5 aromatic rings. The SMILES string of the molecule is CNC(=O)c1c(-c2ccc(F)cc2)oc2cc(N(C)S(C)(=O)=O)c([C@H]3CCCN(C(=O)c4cc5ccc(F)cc5o4)C3)cc12. The lowest BCUT2D eigenvalue weighted by Gasteiger charge is -2.34. The number of hydrogen-bond acceptors (Lipinski definition) is 6. The molecule has 9 nitrogen and oxygen atoms in total. The summed E-state index contributed by atoms with van der Waals surface area (Å²) in [6, 6.07) is 14.5. The summed E-state index contributed by atoms with van der Waals surface area (Å²) in [5.41, 5.74) is 2.20. The third-order valence-corrected chi connectivity index (χ3v) is 9.27. The van der Waals surface area contributed by atoms with Gasteiger partial charge in [0.15, 0.2) is 5.76 Å². The van der Waals surface area contributed by atoms with Crippen LogP contribution in [0.4, 0.5) is 14.5 Å². The first-order chi connectivity index (χ1) is 20.9. The number of furan rings is 2. The van der Waals surface area contributed by atoms with Crippen LogP contribution in [0, 0.1) is 11.6 Å². The fraction of sp³-hybridized carbons (Fsp3) is 0.250. The fourth-order valence-electron chi connectivity index (χ4n) is 5.76. The molecule has 0 saturated carbocycles. The van der Waals surface area contributed by atoms with Crippen LogP contribution in [0.1, 0.15) is 45.2 Å². The second kappa shape index (κ2) is 11.1. The topological polar surface area (TPSA) is 113 Å². The highest BCUT2D eigenvalue weighted by atomic mass is 32.2. The zero-order valence-corrected chi connectivity index (χ0v) is 25.0. The molecule has 0 spiro atoms. The third kappa shape index (κ3) is 5.30. The maximum atomic E-state index is 13.7. The molecule has 1 aliphatic rings. The molecule has 1 atom stereocenters. The van der Waals surface area contributed by atoms with Crippen LogP contribution >= 0.6 is 0 Å². The Morgan fingerprint density at radius 2 is 1.70 bits per heavy atom. The van der Waals surface area contributed by atoms with Crippen LogP contribution in [0.3, 0.4) is 0 Å². The summed E-state index contributed by atoms with van der Waals surface area (Å²) in [5, 5.41) is 3.68. The number of likely N-dealkylation sites (tertiary alicyclic amines) is 1. The summed E-state index contributed by atoms with van der Waals surface area (Å²) in [5.74, 6) is -1.73. The summed E-state index contributed by atoms with van der Waals surface area (Å²) in [6.07, 6.45) is 2.35. The van der Waals surface area contributed by atoms with Gasteiger partial charge in [-0.25, -0.2) is 17.2 Å². The van der Waals surface area contributed by atoms with Crippen LogP contribution < -0.4 is 9.62 Å². The molecule has 1 N–H and O–H groups in total. The Kier molecular flexibility index (Phi) is 7.40. The van der Waals surface area contributed by atoms with Gasteiger partial charge in [0, 0.05) is 61.6 Å². The maximum absolute atomic E-state index is 13.7. The van der Waals surface area contributed by atoms with E-state index in [9.17, 15) is 26.8 Å². The number of anilines is 1. The van der Waals surface area contributed by atoms with Crippen molar-refractivity contribution in [3.8, 4) is 11.3 Å². The van der Waals surface area contributed by atoms with Crippen molar-refractivity contribution < 1.29 is 35.6 Å². The number of carbonyl (C=O) groups is 2. The van der Waals surface area contributed by atoms with Gasteiger partial charge in [0.2, 0.25) is 10.0 Å². The van der Waals surface area contributed by atoms with Crippen LogP contribution in [0.5, 0.6) is 0 Å². The van der Waals surface area contributed by atoms with Gasteiger partial charge in [-0.3, -0.25) is 13.9 Å². The van der Waals surface area contributed by atoms with Crippen molar-refractivity contribution in [2.24, 2.45) is 0 Å². The van der Waals surface area contributed by atoms with Crippen molar-refractivity contribution in [2.45, 2.75) is 18.8 Å². The quantitative estimate of drug-likeness (QED) is 0.253. The van der Waals surface area contributed by atoms with Crippen LogP contribution in [0.25, 0.3) is 33.3 Å². The second-order valence-corrected chi connectivity index (χ2v) is 12.9. The van der Waals surface area contributed by atoms with Gasteiger partial charge >= 0.3 is 0 Å². The highest BCUT2D eigenvalue weighted by molar-refractivity contribution is 7.92. The molecule has 0 radical (unpaired) electrons. The van der Waals surface area contributed by atoms with Crippen molar-refractivity contribution in [1.82, 2.24) is 10.2 Å². The molecule has 0 unspecified atom stereocenters. The van der Waals surface area contributed by atoms with E-state index in [1.165, 1.54) is 50.5 Å². The van der Waals surface area contributed by atoms with Crippen molar-refractivity contribution in [3.05, 3.63) is 89.2 Å². The van der Waals surface area contributed by atoms with E-state index in [-0.39, 0.29) is 46.6 Å². The number of carbonyl (C=O) groups excluding carboxylic acids is 2. The lowest BCUT2D eigenvalue weighted by Crippen LogP contribution is -2.39. The fourth-order valence-corrected chi connectivity index (χ4v) is 6.28. The van der Waals surface area contributed by atoms with Gasteiger partial charge in [0.25, 0.3) is 11.8 Å². The predicted molar refractivity (Wildman–Crippen MR) is 162 cm³/mol. The minimum atomic E-state index is -3.71. The minimum Gasteiger partial charge on any atom is -0.455 e. The van der Waals surface area contributed by atoms with Gasteiger partial charge in [-0.05, 0) is 66.9 Å². The van der Waals surface area contributed by atoms with Gasteiger partial charge < -0.3 is 19.1 Å². The number of fused-ring (bicyclic) bond motifs is 2. The monoisotopic (exact) mass is 621 g/mol.